The van der Waals surface area contributed by atoms with E-state index >= 15 is 0 Å². The molecule has 3 rings (SSSR count). The summed E-state index contributed by atoms with van der Waals surface area (Å²) in [5, 5.41) is 9.81. The molecule has 1 aromatic carbocycles. The summed E-state index contributed by atoms with van der Waals surface area (Å²) in [5.41, 5.74) is 3.87. The van der Waals surface area contributed by atoms with Crippen molar-refractivity contribution in [3.63, 3.8) is 0 Å². The standard InChI is InChI=1S/C12H12O/c13-11-7-9-5-1-3-8-4-2-6-10(11)12(8)9/h1-4,6,9,11,13H,5,7H2. The van der Waals surface area contributed by atoms with Gasteiger partial charge in [-0.3, -0.25) is 0 Å². The van der Waals surface area contributed by atoms with Crippen molar-refractivity contribution in [1.82, 2.24) is 0 Å². The Bertz CT molecular complexity index is 379. The molecule has 66 valence electrons. The molecule has 1 aromatic rings. The van der Waals surface area contributed by atoms with Crippen molar-refractivity contribution >= 4 is 6.08 Å². The number of allylic oxidation sites excluding steroid dienone is 1. The Kier molecular flexibility index (Phi) is 1.39. The molecule has 0 saturated heterocycles. The minimum Gasteiger partial charge on any atom is -0.388 e. The second-order valence-electron chi connectivity index (χ2n) is 3.94. The van der Waals surface area contributed by atoms with Gasteiger partial charge in [0.15, 0.2) is 0 Å². The molecule has 0 aromatic heterocycles. The molecule has 0 heterocycles. The highest BCUT2D eigenvalue weighted by molar-refractivity contribution is 5.61. The summed E-state index contributed by atoms with van der Waals surface area (Å²) in [4.78, 5) is 0. The molecule has 2 aliphatic rings. The molecular weight excluding hydrogens is 160 g/mol. The Morgan fingerprint density at radius 3 is 3.15 bits per heavy atom. The molecule has 13 heavy (non-hydrogen) atoms. The Labute approximate surface area is 77.7 Å². The van der Waals surface area contributed by atoms with Gasteiger partial charge in [0.25, 0.3) is 0 Å². The summed E-state index contributed by atoms with van der Waals surface area (Å²) in [7, 11) is 0. The monoisotopic (exact) mass is 172 g/mol. The third-order valence-electron chi connectivity index (χ3n) is 3.17. The van der Waals surface area contributed by atoms with Gasteiger partial charge in [0, 0.05) is 0 Å². The van der Waals surface area contributed by atoms with E-state index in [9.17, 15) is 5.11 Å². The van der Waals surface area contributed by atoms with Gasteiger partial charge in [0.05, 0.1) is 6.10 Å². The van der Waals surface area contributed by atoms with Gasteiger partial charge in [0.2, 0.25) is 0 Å². The van der Waals surface area contributed by atoms with Crippen molar-refractivity contribution in [2.24, 2.45) is 0 Å². The van der Waals surface area contributed by atoms with E-state index in [4.69, 9.17) is 0 Å². The Hall–Kier alpha value is -1.08. The minimum absolute atomic E-state index is 0.222. The van der Waals surface area contributed by atoms with Crippen molar-refractivity contribution in [3.05, 3.63) is 41.0 Å². The Morgan fingerprint density at radius 1 is 1.31 bits per heavy atom. The molecule has 1 N–H and O–H groups in total. The van der Waals surface area contributed by atoms with Crippen LogP contribution in [-0.2, 0) is 0 Å². The first-order chi connectivity index (χ1) is 6.36. The van der Waals surface area contributed by atoms with Gasteiger partial charge in [-0.05, 0) is 35.4 Å². The van der Waals surface area contributed by atoms with Crippen LogP contribution in [-0.4, -0.2) is 5.11 Å². The van der Waals surface area contributed by atoms with Gasteiger partial charge in [-0.25, -0.2) is 0 Å². The zero-order valence-electron chi connectivity index (χ0n) is 7.40. The first-order valence-corrected chi connectivity index (χ1v) is 4.83. The molecule has 2 unspecified atom stereocenters. The van der Waals surface area contributed by atoms with Gasteiger partial charge >= 0.3 is 0 Å². The predicted molar refractivity (Wildman–Crippen MR) is 52.4 cm³/mol. The van der Waals surface area contributed by atoms with Crippen LogP contribution in [0.3, 0.4) is 0 Å². The van der Waals surface area contributed by atoms with Crippen LogP contribution in [0.25, 0.3) is 6.08 Å². The molecule has 0 bridgehead atoms. The lowest BCUT2D eigenvalue weighted by Gasteiger charge is -2.15. The zero-order chi connectivity index (χ0) is 8.84. The lowest BCUT2D eigenvalue weighted by Crippen LogP contribution is -1.98. The molecule has 1 nitrogen and oxygen atoms in total. The van der Waals surface area contributed by atoms with E-state index in [0.29, 0.717) is 5.92 Å². The summed E-state index contributed by atoms with van der Waals surface area (Å²) in [6.45, 7) is 0. The summed E-state index contributed by atoms with van der Waals surface area (Å²) >= 11 is 0. The van der Waals surface area contributed by atoms with E-state index in [1.165, 1.54) is 11.1 Å². The van der Waals surface area contributed by atoms with Crippen LogP contribution in [0.2, 0.25) is 0 Å². The van der Waals surface area contributed by atoms with Gasteiger partial charge in [0.1, 0.15) is 0 Å². The maximum atomic E-state index is 9.81. The van der Waals surface area contributed by atoms with Crippen LogP contribution in [0.1, 0.15) is 41.6 Å². The zero-order valence-corrected chi connectivity index (χ0v) is 7.40. The second-order valence-corrected chi connectivity index (χ2v) is 3.94. The average molecular weight is 172 g/mol. The fraction of sp³-hybridized carbons (Fsp3) is 0.333. The van der Waals surface area contributed by atoms with Crippen molar-refractivity contribution in [1.29, 1.82) is 0 Å². The van der Waals surface area contributed by atoms with Gasteiger partial charge < -0.3 is 5.11 Å². The topological polar surface area (TPSA) is 20.2 Å². The molecule has 0 radical (unpaired) electrons. The number of rotatable bonds is 0. The maximum Gasteiger partial charge on any atom is 0.0799 e. The molecule has 0 amide bonds. The van der Waals surface area contributed by atoms with Crippen LogP contribution in [0, 0.1) is 0 Å². The van der Waals surface area contributed by atoms with Crippen LogP contribution < -0.4 is 0 Å². The predicted octanol–water partition coefficient (Wildman–Crippen LogP) is 2.62. The molecular formula is C12H12O. The van der Waals surface area contributed by atoms with E-state index in [1.807, 2.05) is 6.07 Å². The number of aliphatic hydroxyl groups excluding tert-OH is 1. The summed E-state index contributed by atoms with van der Waals surface area (Å²) in [6, 6.07) is 6.23. The Morgan fingerprint density at radius 2 is 2.23 bits per heavy atom. The van der Waals surface area contributed by atoms with E-state index in [-0.39, 0.29) is 6.10 Å². The summed E-state index contributed by atoms with van der Waals surface area (Å²) in [5.74, 6) is 0.575. The van der Waals surface area contributed by atoms with Crippen molar-refractivity contribution < 1.29 is 5.11 Å². The molecule has 0 aliphatic heterocycles. The first-order valence-electron chi connectivity index (χ1n) is 4.83. The quantitative estimate of drug-likeness (QED) is 0.637. The summed E-state index contributed by atoms with van der Waals surface area (Å²) < 4.78 is 0. The second kappa shape index (κ2) is 2.46. The lowest BCUT2D eigenvalue weighted by molar-refractivity contribution is 0.173. The normalized spacial score (nSPS) is 29.0. The van der Waals surface area contributed by atoms with Crippen LogP contribution in [0.5, 0.6) is 0 Å². The summed E-state index contributed by atoms with van der Waals surface area (Å²) in [6.07, 6.45) is 6.18. The Balaban J connectivity index is 2.28. The van der Waals surface area contributed by atoms with Crippen molar-refractivity contribution in [3.8, 4) is 0 Å². The lowest BCUT2D eigenvalue weighted by atomic mass is 9.89. The molecule has 2 aliphatic carbocycles. The molecule has 0 fully saturated rings. The van der Waals surface area contributed by atoms with Crippen LogP contribution in [0.4, 0.5) is 0 Å². The fourth-order valence-corrected chi connectivity index (χ4v) is 2.60. The highest BCUT2D eigenvalue weighted by Crippen LogP contribution is 2.46. The SMILES string of the molecule is OC1CC2CC=Cc3cccc1c32. The smallest absolute Gasteiger partial charge is 0.0799 e. The van der Waals surface area contributed by atoms with Crippen LogP contribution >= 0.6 is 0 Å². The van der Waals surface area contributed by atoms with Gasteiger partial charge in [-0.15, -0.1) is 0 Å². The van der Waals surface area contributed by atoms with E-state index in [1.54, 1.807) is 0 Å². The van der Waals surface area contributed by atoms with E-state index in [2.05, 4.69) is 24.3 Å². The number of aliphatic hydroxyl groups is 1. The first kappa shape index (κ1) is 7.34. The molecule has 1 heteroatoms. The largest absolute Gasteiger partial charge is 0.388 e. The maximum absolute atomic E-state index is 9.81. The molecule has 0 saturated carbocycles. The van der Waals surface area contributed by atoms with Gasteiger partial charge in [-0.1, -0.05) is 30.4 Å². The average Bonchev–Trinajstić information content (AvgIpc) is 2.47. The number of benzene rings is 1. The highest BCUT2D eigenvalue weighted by Gasteiger charge is 2.31. The number of hydrogen-bond acceptors (Lipinski definition) is 1. The van der Waals surface area contributed by atoms with Crippen LogP contribution in [0.15, 0.2) is 24.3 Å². The van der Waals surface area contributed by atoms with Crippen molar-refractivity contribution in [2.45, 2.75) is 24.9 Å². The van der Waals surface area contributed by atoms with Gasteiger partial charge in [-0.2, -0.15) is 0 Å². The minimum atomic E-state index is -0.222. The fourth-order valence-electron chi connectivity index (χ4n) is 2.60. The van der Waals surface area contributed by atoms with E-state index < -0.39 is 0 Å². The van der Waals surface area contributed by atoms with E-state index in [0.717, 1.165) is 18.4 Å². The number of hydrogen-bond donors (Lipinski definition) is 1. The third-order valence-corrected chi connectivity index (χ3v) is 3.17. The highest BCUT2D eigenvalue weighted by atomic mass is 16.3. The molecule has 2 atom stereocenters. The third kappa shape index (κ3) is 0.909. The molecule has 0 spiro atoms. The van der Waals surface area contributed by atoms with Crippen molar-refractivity contribution in [2.75, 3.05) is 0 Å².